The molecule has 0 aromatic carbocycles. The fourth-order valence-corrected chi connectivity index (χ4v) is 1.77. The zero-order valence-corrected chi connectivity index (χ0v) is 11.5. The van der Waals surface area contributed by atoms with Gasteiger partial charge < -0.3 is 10.6 Å². The average Bonchev–Trinajstić information content (AvgIpc) is 2.28. The number of terminal acetylenes is 1. The van der Waals surface area contributed by atoms with Crippen molar-refractivity contribution < 1.29 is 4.79 Å². The second-order valence-electron chi connectivity index (χ2n) is 4.60. The summed E-state index contributed by atoms with van der Waals surface area (Å²) < 4.78 is 0. The summed E-state index contributed by atoms with van der Waals surface area (Å²) in [5, 5.41) is 6.26. The third-order valence-electron chi connectivity index (χ3n) is 2.85. The third kappa shape index (κ3) is 7.01. The van der Waals surface area contributed by atoms with E-state index in [9.17, 15) is 4.79 Å². The molecule has 0 rings (SSSR count). The molecule has 0 aromatic heterocycles. The zero-order chi connectivity index (χ0) is 13.3. The van der Waals surface area contributed by atoms with Gasteiger partial charge in [0.1, 0.15) is 0 Å². The summed E-state index contributed by atoms with van der Waals surface area (Å²) in [4.78, 5) is 11.9. The first-order valence-electron chi connectivity index (χ1n) is 6.54. The van der Waals surface area contributed by atoms with E-state index in [1.165, 1.54) is 0 Å². The van der Waals surface area contributed by atoms with Crippen LogP contribution in [0.2, 0.25) is 0 Å². The van der Waals surface area contributed by atoms with Gasteiger partial charge in [0.05, 0.1) is 6.04 Å². The lowest BCUT2D eigenvalue weighted by atomic mass is 10.1. The molecular formula is C14H26N2O. The van der Waals surface area contributed by atoms with Gasteiger partial charge in [-0.2, -0.15) is 0 Å². The highest BCUT2D eigenvalue weighted by molar-refractivity contribution is 5.81. The predicted molar refractivity (Wildman–Crippen MR) is 72.6 cm³/mol. The standard InChI is InChI=1S/C14H26N2O/c1-6-9-11(4)15-14(17)12(5)16-13(8-3)10-7-2/h2,11-13,16H,6,8-10H2,1,3-5H3,(H,15,17). The van der Waals surface area contributed by atoms with Gasteiger partial charge >= 0.3 is 0 Å². The van der Waals surface area contributed by atoms with Gasteiger partial charge in [-0.05, 0) is 26.7 Å². The second-order valence-corrected chi connectivity index (χ2v) is 4.60. The Kier molecular flexibility index (Phi) is 8.53. The quantitative estimate of drug-likeness (QED) is 0.636. The Bertz CT molecular complexity index is 257. The van der Waals surface area contributed by atoms with E-state index in [-0.39, 0.29) is 24.0 Å². The first-order valence-corrected chi connectivity index (χ1v) is 6.54. The summed E-state index contributed by atoms with van der Waals surface area (Å²) in [6.07, 6.45) is 8.98. The summed E-state index contributed by atoms with van der Waals surface area (Å²) in [5.41, 5.74) is 0. The molecule has 3 atom stereocenters. The van der Waals surface area contributed by atoms with Gasteiger partial charge in [0, 0.05) is 18.5 Å². The molecule has 0 bridgehead atoms. The highest BCUT2D eigenvalue weighted by Gasteiger charge is 2.17. The van der Waals surface area contributed by atoms with Crippen LogP contribution in [0.25, 0.3) is 0 Å². The molecule has 2 N–H and O–H groups in total. The van der Waals surface area contributed by atoms with Gasteiger partial charge in [-0.15, -0.1) is 12.3 Å². The van der Waals surface area contributed by atoms with Crippen molar-refractivity contribution in [2.45, 2.75) is 71.5 Å². The molecule has 0 radical (unpaired) electrons. The van der Waals surface area contributed by atoms with Crippen LogP contribution in [-0.2, 0) is 4.79 Å². The van der Waals surface area contributed by atoms with Gasteiger partial charge in [-0.25, -0.2) is 0 Å². The fourth-order valence-electron chi connectivity index (χ4n) is 1.77. The van der Waals surface area contributed by atoms with Crippen molar-refractivity contribution in [2.24, 2.45) is 0 Å². The minimum absolute atomic E-state index is 0.0569. The summed E-state index contributed by atoms with van der Waals surface area (Å²) >= 11 is 0. The van der Waals surface area contributed by atoms with E-state index in [0.717, 1.165) is 19.3 Å². The highest BCUT2D eigenvalue weighted by Crippen LogP contribution is 2.00. The molecule has 0 saturated carbocycles. The Morgan fingerprint density at radius 2 is 2.00 bits per heavy atom. The largest absolute Gasteiger partial charge is 0.352 e. The average molecular weight is 238 g/mol. The van der Waals surface area contributed by atoms with Gasteiger partial charge in [0.2, 0.25) is 5.91 Å². The Balaban J connectivity index is 4.08. The lowest BCUT2D eigenvalue weighted by Gasteiger charge is -2.22. The van der Waals surface area contributed by atoms with Gasteiger partial charge in [-0.1, -0.05) is 20.3 Å². The maximum atomic E-state index is 11.9. The molecule has 98 valence electrons. The lowest BCUT2D eigenvalue weighted by Crippen LogP contribution is -2.48. The van der Waals surface area contributed by atoms with Crippen molar-refractivity contribution in [2.75, 3.05) is 0 Å². The van der Waals surface area contributed by atoms with Crippen LogP contribution in [0, 0.1) is 12.3 Å². The molecule has 0 spiro atoms. The van der Waals surface area contributed by atoms with Gasteiger partial charge in [-0.3, -0.25) is 4.79 Å². The molecule has 0 fully saturated rings. The molecule has 1 amide bonds. The van der Waals surface area contributed by atoms with E-state index < -0.39 is 0 Å². The van der Waals surface area contributed by atoms with E-state index >= 15 is 0 Å². The normalized spacial score (nSPS) is 15.7. The van der Waals surface area contributed by atoms with Crippen LogP contribution in [0.3, 0.4) is 0 Å². The van der Waals surface area contributed by atoms with Crippen LogP contribution >= 0.6 is 0 Å². The minimum Gasteiger partial charge on any atom is -0.352 e. The maximum Gasteiger partial charge on any atom is 0.237 e. The van der Waals surface area contributed by atoms with Crippen LogP contribution in [-0.4, -0.2) is 24.0 Å². The molecule has 0 heterocycles. The second kappa shape index (κ2) is 9.07. The predicted octanol–water partition coefficient (Wildman–Crippen LogP) is 2.07. The van der Waals surface area contributed by atoms with E-state index in [4.69, 9.17) is 6.42 Å². The van der Waals surface area contributed by atoms with Crippen molar-refractivity contribution in [1.82, 2.24) is 10.6 Å². The number of hydrogen-bond donors (Lipinski definition) is 2. The van der Waals surface area contributed by atoms with E-state index in [1.54, 1.807) is 0 Å². The highest BCUT2D eigenvalue weighted by atomic mass is 16.2. The molecule has 0 aliphatic rings. The zero-order valence-electron chi connectivity index (χ0n) is 11.5. The Labute approximate surface area is 106 Å². The summed E-state index contributed by atoms with van der Waals surface area (Å²) in [5.74, 6) is 2.69. The van der Waals surface area contributed by atoms with Crippen molar-refractivity contribution in [3.8, 4) is 12.3 Å². The number of hydrogen-bond acceptors (Lipinski definition) is 2. The van der Waals surface area contributed by atoms with Gasteiger partial charge in [0.15, 0.2) is 0 Å². The van der Waals surface area contributed by atoms with Crippen LogP contribution in [0.4, 0.5) is 0 Å². The third-order valence-corrected chi connectivity index (χ3v) is 2.85. The molecule has 0 saturated heterocycles. The molecule has 17 heavy (non-hydrogen) atoms. The molecule has 3 heteroatoms. The van der Waals surface area contributed by atoms with E-state index in [0.29, 0.717) is 6.42 Å². The smallest absolute Gasteiger partial charge is 0.237 e. The Morgan fingerprint density at radius 1 is 1.35 bits per heavy atom. The number of carbonyl (C=O) groups is 1. The fraction of sp³-hybridized carbons (Fsp3) is 0.786. The molecular weight excluding hydrogens is 212 g/mol. The Morgan fingerprint density at radius 3 is 2.47 bits per heavy atom. The monoisotopic (exact) mass is 238 g/mol. The lowest BCUT2D eigenvalue weighted by molar-refractivity contribution is -0.123. The number of nitrogens with one attached hydrogen (secondary N) is 2. The Hall–Kier alpha value is -1.01. The number of carbonyl (C=O) groups excluding carboxylic acids is 1. The van der Waals surface area contributed by atoms with Crippen molar-refractivity contribution in [3.05, 3.63) is 0 Å². The first-order chi connectivity index (χ1) is 8.04. The molecule has 0 aliphatic carbocycles. The van der Waals surface area contributed by atoms with Gasteiger partial charge in [0.25, 0.3) is 0 Å². The summed E-state index contributed by atoms with van der Waals surface area (Å²) in [6, 6.07) is 0.277. The van der Waals surface area contributed by atoms with E-state index in [1.807, 2.05) is 13.8 Å². The van der Waals surface area contributed by atoms with E-state index in [2.05, 4.69) is 30.4 Å². The maximum absolute atomic E-state index is 11.9. The summed E-state index contributed by atoms with van der Waals surface area (Å²) in [7, 11) is 0. The minimum atomic E-state index is -0.187. The SMILES string of the molecule is C#CCC(CC)NC(C)C(=O)NC(C)CCC. The summed E-state index contributed by atoms with van der Waals surface area (Å²) in [6.45, 7) is 8.10. The van der Waals surface area contributed by atoms with Crippen molar-refractivity contribution in [3.63, 3.8) is 0 Å². The van der Waals surface area contributed by atoms with Crippen LogP contribution in [0.5, 0.6) is 0 Å². The topological polar surface area (TPSA) is 41.1 Å². The molecule has 3 unspecified atom stereocenters. The van der Waals surface area contributed by atoms with Crippen LogP contribution < -0.4 is 10.6 Å². The van der Waals surface area contributed by atoms with Crippen LogP contribution in [0.15, 0.2) is 0 Å². The first kappa shape index (κ1) is 16.0. The molecule has 0 aliphatic heterocycles. The van der Waals surface area contributed by atoms with Crippen molar-refractivity contribution in [1.29, 1.82) is 0 Å². The van der Waals surface area contributed by atoms with Crippen molar-refractivity contribution >= 4 is 5.91 Å². The molecule has 0 aromatic rings. The van der Waals surface area contributed by atoms with Crippen LogP contribution in [0.1, 0.15) is 53.4 Å². The number of amides is 1. The molecule has 3 nitrogen and oxygen atoms in total. The number of rotatable bonds is 8.